The first-order valence-electron chi connectivity index (χ1n) is 8.70. The summed E-state index contributed by atoms with van der Waals surface area (Å²) in [6.45, 7) is 4.46. The quantitative estimate of drug-likeness (QED) is 0.899. The van der Waals surface area contributed by atoms with E-state index in [1.165, 1.54) is 0 Å². The number of piperazine rings is 1. The number of amides is 2. The Labute approximate surface area is 158 Å². The molecule has 1 heterocycles. The minimum absolute atomic E-state index is 0.0555. The number of hydrogen-bond donors (Lipinski definition) is 1. The van der Waals surface area contributed by atoms with Crippen LogP contribution in [0.3, 0.4) is 0 Å². The average molecular weight is 372 g/mol. The van der Waals surface area contributed by atoms with Crippen LogP contribution in [0, 0.1) is 0 Å². The lowest BCUT2D eigenvalue weighted by atomic mass is 10.2. The van der Waals surface area contributed by atoms with Gasteiger partial charge in [0.2, 0.25) is 5.91 Å². The van der Waals surface area contributed by atoms with Crippen molar-refractivity contribution in [3.05, 3.63) is 65.2 Å². The summed E-state index contributed by atoms with van der Waals surface area (Å²) in [5.41, 5.74) is 1.62. The van der Waals surface area contributed by atoms with E-state index in [0.29, 0.717) is 23.7 Å². The van der Waals surface area contributed by atoms with Gasteiger partial charge in [0.15, 0.2) is 0 Å². The third-order valence-electron chi connectivity index (χ3n) is 4.52. The molecule has 136 valence electrons. The van der Waals surface area contributed by atoms with E-state index in [1.54, 1.807) is 36.1 Å². The van der Waals surface area contributed by atoms with Crippen LogP contribution in [0.5, 0.6) is 0 Å². The van der Waals surface area contributed by atoms with Gasteiger partial charge in [-0.2, -0.15) is 0 Å². The van der Waals surface area contributed by atoms with Crippen molar-refractivity contribution in [1.82, 2.24) is 10.2 Å². The van der Waals surface area contributed by atoms with E-state index in [0.717, 1.165) is 18.8 Å². The number of carbonyl (C=O) groups is 2. The molecule has 0 aliphatic carbocycles. The molecule has 3 rings (SSSR count). The van der Waals surface area contributed by atoms with Crippen molar-refractivity contribution in [2.45, 2.75) is 13.0 Å². The number of carbonyl (C=O) groups excluding carboxylic acids is 2. The lowest BCUT2D eigenvalue weighted by Crippen LogP contribution is -2.54. The molecule has 0 spiro atoms. The molecule has 2 amide bonds. The van der Waals surface area contributed by atoms with Crippen molar-refractivity contribution in [3.63, 3.8) is 0 Å². The maximum absolute atomic E-state index is 12.6. The summed E-state index contributed by atoms with van der Waals surface area (Å²) in [6, 6.07) is 16.1. The number of nitrogens with zero attached hydrogens (tertiary/aromatic N) is 2. The smallest absolute Gasteiger partial charge is 0.251 e. The molecule has 1 atom stereocenters. The molecule has 6 heteroatoms. The zero-order valence-corrected chi connectivity index (χ0v) is 15.4. The first-order valence-corrected chi connectivity index (χ1v) is 9.07. The summed E-state index contributed by atoms with van der Waals surface area (Å²) < 4.78 is 0. The Kier molecular flexibility index (Phi) is 5.78. The third-order valence-corrected chi connectivity index (χ3v) is 4.75. The van der Waals surface area contributed by atoms with Crippen molar-refractivity contribution in [3.8, 4) is 0 Å². The molecule has 1 unspecified atom stereocenters. The summed E-state index contributed by atoms with van der Waals surface area (Å²) in [6.07, 6.45) is 0. The maximum atomic E-state index is 12.6. The van der Waals surface area contributed by atoms with Crippen molar-refractivity contribution >= 4 is 29.1 Å². The largest absolute Gasteiger partial charge is 0.368 e. The summed E-state index contributed by atoms with van der Waals surface area (Å²) >= 11 is 6.05. The Morgan fingerprint density at radius 3 is 2.35 bits per heavy atom. The van der Waals surface area contributed by atoms with Crippen LogP contribution in [-0.4, -0.2) is 48.9 Å². The van der Waals surface area contributed by atoms with Gasteiger partial charge >= 0.3 is 0 Å². The number of halogens is 1. The lowest BCUT2D eigenvalue weighted by molar-refractivity contribution is -0.133. The highest BCUT2D eigenvalue weighted by atomic mass is 35.5. The molecule has 1 N–H and O–H groups in total. The molecule has 0 aromatic heterocycles. The van der Waals surface area contributed by atoms with E-state index in [-0.39, 0.29) is 11.8 Å². The van der Waals surface area contributed by atoms with Gasteiger partial charge in [-0.05, 0) is 37.3 Å². The Balaban J connectivity index is 1.54. The van der Waals surface area contributed by atoms with Crippen LogP contribution in [-0.2, 0) is 4.79 Å². The number of nitrogens with one attached hydrogen (secondary N) is 1. The van der Waals surface area contributed by atoms with E-state index in [9.17, 15) is 9.59 Å². The summed E-state index contributed by atoms with van der Waals surface area (Å²) in [7, 11) is 0. The SMILES string of the molecule is CC(NC(=O)c1ccccc1)C(=O)N1CCN(c2cccc(Cl)c2)CC1. The molecule has 0 saturated carbocycles. The predicted molar refractivity (Wildman–Crippen MR) is 104 cm³/mol. The topological polar surface area (TPSA) is 52.7 Å². The summed E-state index contributed by atoms with van der Waals surface area (Å²) in [4.78, 5) is 28.9. The minimum atomic E-state index is -0.555. The zero-order valence-electron chi connectivity index (χ0n) is 14.7. The van der Waals surface area contributed by atoms with Gasteiger partial charge in [-0.1, -0.05) is 35.9 Å². The van der Waals surface area contributed by atoms with Crippen LogP contribution in [0.15, 0.2) is 54.6 Å². The number of rotatable bonds is 4. The van der Waals surface area contributed by atoms with Crippen molar-refractivity contribution in [2.75, 3.05) is 31.1 Å². The van der Waals surface area contributed by atoms with Gasteiger partial charge in [0.1, 0.15) is 6.04 Å². The fraction of sp³-hybridized carbons (Fsp3) is 0.300. The van der Waals surface area contributed by atoms with Crippen molar-refractivity contribution < 1.29 is 9.59 Å². The third kappa shape index (κ3) is 4.35. The summed E-state index contributed by atoms with van der Waals surface area (Å²) in [5, 5.41) is 3.49. The Morgan fingerprint density at radius 1 is 1.00 bits per heavy atom. The second-order valence-corrected chi connectivity index (χ2v) is 6.79. The van der Waals surface area contributed by atoms with E-state index < -0.39 is 6.04 Å². The molecule has 2 aromatic carbocycles. The molecular weight excluding hydrogens is 350 g/mol. The lowest BCUT2D eigenvalue weighted by Gasteiger charge is -2.37. The highest BCUT2D eigenvalue weighted by Gasteiger charge is 2.26. The van der Waals surface area contributed by atoms with Gasteiger partial charge < -0.3 is 15.1 Å². The van der Waals surface area contributed by atoms with Gasteiger partial charge in [-0.3, -0.25) is 9.59 Å². The molecular formula is C20H22ClN3O2. The fourth-order valence-corrected chi connectivity index (χ4v) is 3.25. The molecule has 0 bridgehead atoms. The van der Waals surface area contributed by atoms with Crippen LogP contribution in [0.4, 0.5) is 5.69 Å². The second-order valence-electron chi connectivity index (χ2n) is 6.35. The van der Waals surface area contributed by atoms with Gasteiger partial charge in [-0.25, -0.2) is 0 Å². The first kappa shape index (κ1) is 18.3. The second kappa shape index (κ2) is 8.23. The fourth-order valence-electron chi connectivity index (χ4n) is 3.06. The van der Waals surface area contributed by atoms with Crippen molar-refractivity contribution in [2.24, 2.45) is 0 Å². The Bertz CT molecular complexity index is 774. The molecule has 2 aromatic rings. The van der Waals surface area contributed by atoms with E-state index in [4.69, 9.17) is 11.6 Å². The van der Waals surface area contributed by atoms with E-state index in [2.05, 4.69) is 10.2 Å². The van der Waals surface area contributed by atoms with E-state index in [1.807, 2.05) is 30.3 Å². The molecule has 26 heavy (non-hydrogen) atoms. The Morgan fingerprint density at radius 2 is 1.69 bits per heavy atom. The number of anilines is 1. The molecule has 5 nitrogen and oxygen atoms in total. The molecule has 0 radical (unpaired) electrons. The summed E-state index contributed by atoms with van der Waals surface area (Å²) in [5.74, 6) is -0.288. The van der Waals surface area contributed by atoms with Gasteiger partial charge in [0.05, 0.1) is 0 Å². The minimum Gasteiger partial charge on any atom is -0.368 e. The molecule has 1 saturated heterocycles. The van der Waals surface area contributed by atoms with Crippen LogP contribution < -0.4 is 10.2 Å². The molecule has 1 aliphatic rings. The van der Waals surface area contributed by atoms with Crippen LogP contribution in [0.25, 0.3) is 0 Å². The average Bonchev–Trinajstić information content (AvgIpc) is 2.68. The Hall–Kier alpha value is -2.53. The van der Waals surface area contributed by atoms with Gasteiger partial charge in [0, 0.05) is 42.5 Å². The highest BCUT2D eigenvalue weighted by Crippen LogP contribution is 2.21. The maximum Gasteiger partial charge on any atom is 0.251 e. The van der Waals surface area contributed by atoms with Crippen LogP contribution in [0.2, 0.25) is 5.02 Å². The standard InChI is InChI=1S/C20H22ClN3O2/c1-15(22-19(25)16-6-3-2-4-7-16)20(26)24-12-10-23(11-13-24)18-9-5-8-17(21)14-18/h2-9,14-15H,10-13H2,1H3,(H,22,25). The highest BCUT2D eigenvalue weighted by molar-refractivity contribution is 6.30. The monoisotopic (exact) mass is 371 g/mol. The van der Waals surface area contributed by atoms with Crippen molar-refractivity contribution in [1.29, 1.82) is 0 Å². The predicted octanol–water partition coefficient (Wildman–Crippen LogP) is 2.81. The normalized spacial score (nSPS) is 15.5. The van der Waals surface area contributed by atoms with E-state index >= 15 is 0 Å². The van der Waals surface area contributed by atoms with Crippen LogP contribution >= 0.6 is 11.6 Å². The van der Waals surface area contributed by atoms with Gasteiger partial charge in [0.25, 0.3) is 5.91 Å². The molecule has 1 aliphatic heterocycles. The van der Waals surface area contributed by atoms with Gasteiger partial charge in [-0.15, -0.1) is 0 Å². The number of benzene rings is 2. The number of hydrogen-bond acceptors (Lipinski definition) is 3. The zero-order chi connectivity index (χ0) is 18.5. The van der Waals surface area contributed by atoms with Crippen LogP contribution in [0.1, 0.15) is 17.3 Å². The first-order chi connectivity index (χ1) is 12.5. The molecule has 1 fully saturated rings.